The second-order valence-corrected chi connectivity index (χ2v) is 2.07. The second kappa shape index (κ2) is 2.77. The maximum absolute atomic E-state index is 11.9. The first-order valence-electron chi connectivity index (χ1n) is 2.98. The maximum Gasteiger partial charge on any atom is 0.297 e. The van der Waals surface area contributed by atoms with Crippen molar-refractivity contribution in [2.24, 2.45) is 0 Å². The molecule has 0 aliphatic rings. The van der Waals surface area contributed by atoms with Gasteiger partial charge in [-0.05, 0) is 6.92 Å². The lowest BCUT2D eigenvalue weighted by Gasteiger charge is -2.00. The van der Waals surface area contributed by atoms with Gasteiger partial charge in [-0.15, -0.1) is 0 Å². The quantitative estimate of drug-likeness (QED) is 0.672. The molecule has 3 nitrogen and oxygen atoms in total. The van der Waals surface area contributed by atoms with E-state index in [9.17, 15) is 8.78 Å². The molecule has 60 valence electrons. The van der Waals surface area contributed by atoms with Crippen molar-refractivity contribution < 1.29 is 8.78 Å². The minimum atomic E-state index is -2.63. The maximum atomic E-state index is 11.9. The fourth-order valence-corrected chi connectivity index (χ4v) is 0.599. The van der Waals surface area contributed by atoms with Crippen LogP contribution in [0.15, 0.2) is 6.20 Å². The summed E-state index contributed by atoms with van der Waals surface area (Å²) >= 11 is 0. The van der Waals surface area contributed by atoms with E-state index < -0.39 is 12.2 Å². The lowest BCUT2D eigenvalue weighted by atomic mass is 10.4. The number of alkyl halides is 2. The molecule has 1 aromatic heterocycles. The lowest BCUT2D eigenvalue weighted by Crippen LogP contribution is -2.00. The number of halogens is 2. The number of rotatable bonds is 1. The summed E-state index contributed by atoms with van der Waals surface area (Å²) in [6, 6.07) is 0. The van der Waals surface area contributed by atoms with E-state index >= 15 is 0 Å². The Bertz CT molecular complexity index is 262. The number of nitrogen functional groups attached to an aromatic ring is 1. The number of anilines is 1. The molecule has 0 aromatic carbocycles. The fraction of sp³-hybridized carbons (Fsp3) is 0.333. The molecule has 0 spiro atoms. The van der Waals surface area contributed by atoms with Crippen LogP contribution in [0.4, 0.5) is 14.5 Å². The van der Waals surface area contributed by atoms with E-state index in [0.29, 0.717) is 11.4 Å². The molecule has 0 saturated heterocycles. The van der Waals surface area contributed by atoms with E-state index in [0.717, 1.165) is 0 Å². The number of hydrogen-bond donors (Lipinski definition) is 1. The minimum absolute atomic E-state index is 0.328. The molecule has 1 rings (SSSR count). The summed E-state index contributed by atoms with van der Waals surface area (Å²) in [4.78, 5) is 6.84. The van der Waals surface area contributed by atoms with Crippen molar-refractivity contribution in [1.29, 1.82) is 0 Å². The summed E-state index contributed by atoms with van der Waals surface area (Å²) in [6.45, 7) is 1.56. The highest BCUT2D eigenvalue weighted by molar-refractivity contribution is 5.38. The normalized spacial score (nSPS) is 10.5. The van der Waals surface area contributed by atoms with Gasteiger partial charge in [-0.1, -0.05) is 0 Å². The summed E-state index contributed by atoms with van der Waals surface area (Å²) in [7, 11) is 0. The van der Waals surface area contributed by atoms with Gasteiger partial charge in [0.05, 0.1) is 17.6 Å². The number of nitrogens with zero attached hydrogens (tertiary/aromatic N) is 2. The Morgan fingerprint density at radius 2 is 2.18 bits per heavy atom. The Balaban J connectivity index is 3.05. The van der Waals surface area contributed by atoms with Crippen molar-refractivity contribution in [1.82, 2.24) is 9.97 Å². The summed E-state index contributed by atoms with van der Waals surface area (Å²) in [5.74, 6) is -0.475. The molecule has 0 aliphatic carbocycles. The van der Waals surface area contributed by atoms with Crippen LogP contribution < -0.4 is 5.73 Å². The molecule has 1 heterocycles. The zero-order valence-corrected chi connectivity index (χ0v) is 5.88. The van der Waals surface area contributed by atoms with Crippen LogP contribution in [0.1, 0.15) is 17.9 Å². The zero-order valence-electron chi connectivity index (χ0n) is 5.88. The van der Waals surface area contributed by atoms with Gasteiger partial charge in [0.25, 0.3) is 6.43 Å². The SMILES string of the molecule is Cc1nc(C(F)F)ncc1N. The van der Waals surface area contributed by atoms with Crippen molar-refractivity contribution in [2.45, 2.75) is 13.3 Å². The Labute approximate surface area is 62.3 Å². The molecule has 0 bridgehead atoms. The number of aromatic nitrogens is 2. The lowest BCUT2D eigenvalue weighted by molar-refractivity contribution is 0.140. The molecule has 0 aliphatic heterocycles. The number of nitrogens with two attached hydrogens (primary N) is 1. The second-order valence-electron chi connectivity index (χ2n) is 2.07. The molecule has 2 N–H and O–H groups in total. The van der Waals surface area contributed by atoms with Crippen molar-refractivity contribution >= 4 is 5.69 Å². The van der Waals surface area contributed by atoms with Gasteiger partial charge in [-0.3, -0.25) is 0 Å². The van der Waals surface area contributed by atoms with Crippen molar-refractivity contribution in [3.05, 3.63) is 17.7 Å². The fourth-order valence-electron chi connectivity index (χ4n) is 0.599. The van der Waals surface area contributed by atoms with Gasteiger partial charge in [-0.2, -0.15) is 0 Å². The topological polar surface area (TPSA) is 51.8 Å². The predicted octanol–water partition coefficient (Wildman–Crippen LogP) is 1.30. The van der Waals surface area contributed by atoms with Crippen molar-refractivity contribution in [3.63, 3.8) is 0 Å². The summed E-state index contributed by atoms with van der Waals surface area (Å²) in [5.41, 5.74) is 6.03. The Kier molecular flexibility index (Phi) is 1.98. The zero-order chi connectivity index (χ0) is 8.43. The summed E-state index contributed by atoms with van der Waals surface area (Å²) < 4.78 is 23.8. The Morgan fingerprint density at radius 3 is 2.64 bits per heavy atom. The van der Waals surface area contributed by atoms with Gasteiger partial charge in [0.1, 0.15) is 0 Å². The van der Waals surface area contributed by atoms with E-state index in [4.69, 9.17) is 5.73 Å². The highest BCUT2D eigenvalue weighted by Gasteiger charge is 2.10. The van der Waals surface area contributed by atoms with E-state index in [2.05, 4.69) is 9.97 Å². The molecule has 5 heteroatoms. The van der Waals surface area contributed by atoms with E-state index in [1.165, 1.54) is 6.20 Å². The molecule has 0 amide bonds. The number of hydrogen-bond acceptors (Lipinski definition) is 3. The molecule has 0 fully saturated rings. The van der Waals surface area contributed by atoms with Gasteiger partial charge >= 0.3 is 0 Å². The van der Waals surface area contributed by atoms with Crippen LogP contribution in [-0.4, -0.2) is 9.97 Å². The molecular weight excluding hydrogens is 152 g/mol. The highest BCUT2D eigenvalue weighted by atomic mass is 19.3. The van der Waals surface area contributed by atoms with Gasteiger partial charge < -0.3 is 5.73 Å². The largest absolute Gasteiger partial charge is 0.396 e. The van der Waals surface area contributed by atoms with Crippen molar-refractivity contribution in [3.8, 4) is 0 Å². The first-order valence-corrected chi connectivity index (χ1v) is 2.98. The van der Waals surface area contributed by atoms with E-state index in [1.54, 1.807) is 6.92 Å². The molecule has 0 radical (unpaired) electrons. The average Bonchev–Trinajstić information content (AvgIpc) is 1.94. The van der Waals surface area contributed by atoms with Gasteiger partial charge in [0, 0.05) is 0 Å². The molecule has 11 heavy (non-hydrogen) atoms. The smallest absolute Gasteiger partial charge is 0.297 e. The van der Waals surface area contributed by atoms with E-state index in [1.807, 2.05) is 0 Å². The van der Waals surface area contributed by atoms with E-state index in [-0.39, 0.29) is 0 Å². The van der Waals surface area contributed by atoms with Gasteiger partial charge in [0.2, 0.25) is 0 Å². The summed E-state index contributed by atoms with van der Waals surface area (Å²) in [5, 5.41) is 0. The van der Waals surface area contributed by atoms with Crippen LogP contribution in [0.3, 0.4) is 0 Å². The number of aryl methyl sites for hydroxylation is 1. The third-order valence-electron chi connectivity index (χ3n) is 1.23. The van der Waals surface area contributed by atoms with Crippen LogP contribution in [0, 0.1) is 6.92 Å². The summed E-state index contributed by atoms with van der Waals surface area (Å²) in [6.07, 6.45) is -1.45. The molecular formula is C6H7F2N3. The van der Waals surface area contributed by atoms with Gasteiger partial charge in [-0.25, -0.2) is 18.7 Å². The first kappa shape index (κ1) is 7.84. The molecule has 0 atom stereocenters. The Morgan fingerprint density at radius 1 is 1.55 bits per heavy atom. The van der Waals surface area contributed by atoms with Gasteiger partial charge in [0.15, 0.2) is 5.82 Å². The highest BCUT2D eigenvalue weighted by Crippen LogP contribution is 2.15. The predicted molar refractivity (Wildman–Crippen MR) is 36.1 cm³/mol. The first-order chi connectivity index (χ1) is 5.11. The van der Waals surface area contributed by atoms with Crippen LogP contribution >= 0.6 is 0 Å². The molecule has 0 unspecified atom stereocenters. The van der Waals surface area contributed by atoms with Crippen LogP contribution in [0.5, 0.6) is 0 Å². The monoisotopic (exact) mass is 159 g/mol. The average molecular weight is 159 g/mol. The van der Waals surface area contributed by atoms with Crippen LogP contribution in [-0.2, 0) is 0 Å². The van der Waals surface area contributed by atoms with Crippen LogP contribution in [0.25, 0.3) is 0 Å². The van der Waals surface area contributed by atoms with Crippen LogP contribution in [0.2, 0.25) is 0 Å². The third kappa shape index (κ3) is 1.60. The third-order valence-corrected chi connectivity index (χ3v) is 1.23. The molecule has 1 aromatic rings. The Hall–Kier alpha value is -1.26. The van der Waals surface area contributed by atoms with Crippen molar-refractivity contribution in [2.75, 3.05) is 5.73 Å². The minimum Gasteiger partial charge on any atom is -0.396 e. The standard InChI is InChI=1S/C6H7F2N3/c1-3-4(9)2-10-6(11-3)5(7)8/h2,5H,9H2,1H3. The molecule has 0 saturated carbocycles.